The maximum absolute atomic E-state index is 15.1. The fraction of sp³-hybridized carbons (Fsp3) is 0.520. The van der Waals surface area contributed by atoms with Crippen molar-refractivity contribution in [2.24, 2.45) is 22.1 Å². The van der Waals surface area contributed by atoms with Gasteiger partial charge in [-0.2, -0.15) is 0 Å². The SMILES string of the molecule is COC[C@]12C[C@H]1[C@@](C)(c1cc(CC(=O)c3cnc(OCC(C)(C)C)cn3)cc(F)c1F)N=C(N)S2. The summed E-state index contributed by atoms with van der Waals surface area (Å²) in [5.41, 5.74) is 5.49. The normalized spacial score (nSPS) is 25.6. The quantitative estimate of drug-likeness (QED) is 0.536. The summed E-state index contributed by atoms with van der Waals surface area (Å²) in [6.45, 7) is 8.73. The van der Waals surface area contributed by atoms with Crippen LogP contribution in [-0.4, -0.2) is 46.0 Å². The van der Waals surface area contributed by atoms with Crippen molar-refractivity contribution >= 4 is 22.7 Å². The summed E-state index contributed by atoms with van der Waals surface area (Å²) in [5, 5.41) is 0.309. The third-order valence-electron chi connectivity index (χ3n) is 6.31. The predicted octanol–water partition coefficient (Wildman–Crippen LogP) is 4.29. The number of thioether (sulfide) groups is 1. The molecule has 2 aromatic rings. The summed E-state index contributed by atoms with van der Waals surface area (Å²) in [4.78, 5) is 25.7. The number of aliphatic imine (C=N–C) groups is 1. The van der Waals surface area contributed by atoms with Gasteiger partial charge in [-0.25, -0.2) is 18.7 Å². The van der Waals surface area contributed by atoms with Crippen LogP contribution in [0.3, 0.4) is 0 Å². The van der Waals surface area contributed by atoms with E-state index in [1.54, 1.807) is 14.0 Å². The fourth-order valence-electron chi connectivity index (χ4n) is 4.55. The van der Waals surface area contributed by atoms with E-state index in [0.717, 1.165) is 12.5 Å². The molecule has 2 heterocycles. The highest BCUT2D eigenvalue weighted by Crippen LogP contribution is 2.66. The zero-order valence-corrected chi connectivity index (χ0v) is 21.3. The lowest BCUT2D eigenvalue weighted by Crippen LogP contribution is -2.38. The summed E-state index contributed by atoms with van der Waals surface area (Å²) < 4.78 is 40.4. The Kier molecular flexibility index (Phi) is 6.65. The number of halogens is 2. The van der Waals surface area contributed by atoms with E-state index in [-0.39, 0.29) is 39.5 Å². The van der Waals surface area contributed by atoms with Gasteiger partial charge >= 0.3 is 0 Å². The molecule has 0 radical (unpaired) electrons. The van der Waals surface area contributed by atoms with Crippen LogP contribution in [0.1, 0.15) is 55.7 Å². The average molecular weight is 505 g/mol. The average Bonchev–Trinajstić information content (AvgIpc) is 3.49. The Hall–Kier alpha value is -2.59. The van der Waals surface area contributed by atoms with Crippen LogP contribution in [0.25, 0.3) is 0 Å². The molecule has 2 aliphatic rings. The predicted molar refractivity (Wildman–Crippen MR) is 131 cm³/mol. The minimum Gasteiger partial charge on any atom is -0.476 e. The molecule has 0 bridgehead atoms. The smallest absolute Gasteiger partial charge is 0.232 e. The Bertz CT molecular complexity index is 1170. The van der Waals surface area contributed by atoms with Gasteiger partial charge in [0.15, 0.2) is 22.6 Å². The van der Waals surface area contributed by atoms with E-state index in [1.807, 2.05) is 20.8 Å². The Morgan fingerprint density at radius 1 is 1.26 bits per heavy atom. The molecule has 4 rings (SSSR count). The highest BCUT2D eigenvalue weighted by Gasteiger charge is 2.66. The van der Waals surface area contributed by atoms with E-state index in [1.165, 1.54) is 30.2 Å². The van der Waals surface area contributed by atoms with Crippen LogP contribution in [0, 0.1) is 23.0 Å². The molecule has 0 unspecified atom stereocenters. The molecule has 1 fully saturated rings. The van der Waals surface area contributed by atoms with Gasteiger partial charge in [-0.3, -0.25) is 9.79 Å². The van der Waals surface area contributed by atoms with E-state index < -0.39 is 17.2 Å². The van der Waals surface area contributed by atoms with Crippen molar-refractivity contribution in [3.8, 4) is 5.88 Å². The van der Waals surface area contributed by atoms with E-state index in [4.69, 9.17) is 15.2 Å². The van der Waals surface area contributed by atoms with Gasteiger partial charge in [0.05, 0.1) is 35.9 Å². The minimum atomic E-state index is -1.07. The highest BCUT2D eigenvalue weighted by molar-refractivity contribution is 8.15. The molecule has 1 aliphatic heterocycles. The number of methoxy groups -OCH3 is 1. The number of carbonyl (C=O) groups is 1. The number of nitrogens with two attached hydrogens (primary N) is 1. The number of rotatable bonds is 8. The monoisotopic (exact) mass is 504 g/mol. The van der Waals surface area contributed by atoms with Crippen LogP contribution in [0.4, 0.5) is 8.78 Å². The molecule has 1 aromatic heterocycles. The summed E-state index contributed by atoms with van der Waals surface area (Å²) in [5.74, 6) is -2.14. The number of ketones is 1. The number of benzene rings is 1. The van der Waals surface area contributed by atoms with Gasteiger partial charge in [-0.05, 0) is 36.5 Å². The summed E-state index contributed by atoms with van der Waals surface area (Å²) in [6, 6.07) is 2.54. The van der Waals surface area contributed by atoms with E-state index in [0.29, 0.717) is 29.8 Å². The zero-order valence-electron chi connectivity index (χ0n) is 20.5. The van der Waals surface area contributed by atoms with Crippen LogP contribution < -0.4 is 10.5 Å². The second kappa shape index (κ2) is 9.13. The van der Waals surface area contributed by atoms with Crippen LogP contribution >= 0.6 is 11.8 Å². The maximum atomic E-state index is 15.1. The number of amidine groups is 1. The number of fused-ring (bicyclic) bond motifs is 1. The molecular weight excluding hydrogens is 474 g/mol. The molecule has 3 atom stereocenters. The van der Waals surface area contributed by atoms with Gasteiger partial charge in [0.2, 0.25) is 5.88 Å². The van der Waals surface area contributed by atoms with Gasteiger partial charge in [-0.1, -0.05) is 32.5 Å². The van der Waals surface area contributed by atoms with Crippen molar-refractivity contribution in [3.05, 3.63) is 53.0 Å². The number of ether oxygens (including phenoxy) is 2. The molecule has 10 heteroatoms. The van der Waals surface area contributed by atoms with E-state index in [9.17, 15) is 9.18 Å². The Labute approximate surface area is 207 Å². The number of Topliss-reactive ketones (excluding diaryl/α,β-unsaturated/α-hetero) is 1. The molecule has 0 amide bonds. The lowest BCUT2D eigenvalue weighted by atomic mass is 9.84. The van der Waals surface area contributed by atoms with Crippen molar-refractivity contribution in [2.45, 2.75) is 50.8 Å². The summed E-state index contributed by atoms with van der Waals surface area (Å²) in [6.07, 6.45) is 3.26. The number of carbonyl (C=O) groups excluding carboxylic acids is 1. The Morgan fingerprint density at radius 3 is 2.63 bits per heavy atom. The topological polar surface area (TPSA) is 99.7 Å². The van der Waals surface area contributed by atoms with Crippen molar-refractivity contribution in [1.82, 2.24) is 9.97 Å². The molecule has 7 nitrogen and oxygen atoms in total. The summed E-state index contributed by atoms with van der Waals surface area (Å²) >= 11 is 1.42. The first-order valence-corrected chi connectivity index (χ1v) is 12.2. The number of hydrogen-bond donors (Lipinski definition) is 1. The third kappa shape index (κ3) is 5.18. The second-order valence-corrected chi connectivity index (χ2v) is 12.0. The number of nitrogens with zero attached hydrogens (tertiary/aromatic N) is 3. The highest BCUT2D eigenvalue weighted by atomic mass is 32.2. The number of hydrogen-bond acceptors (Lipinski definition) is 8. The Balaban J connectivity index is 1.56. The van der Waals surface area contributed by atoms with Crippen LogP contribution in [0.2, 0.25) is 0 Å². The molecule has 188 valence electrons. The van der Waals surface area contributed by atoms with E-state index in [2.05, 4.69) is 15.0 Å². The molecule has 35 heavy (non-hydrogen) atoms. The first-order valence-electron chi connectivity index (χ1n) is 11.4. The number of aromatic nitrogens is 2. The van der Waals surface area contributed by atoms with Crippen molar-refractivity contribution in [1.29, 1.82) is 0 Å². The Morgan fingerprint density at radius 2 is 2.00 bits per heavy atom. The molecule has 2 N–H and O–H groups in total. The minimum absolute atomic E-state index is 0.0490. The van der Waals surface area contributed by atoms with Gasteiger partial charge < -0.3 is 15.2 Å². The molecule has 1 saturated carbocycles. The van der Waals surface area contributed by atoms with Gasteiger partial charge in [0, 0.05) is 25.0 Å². The lowest BCUT2D eigenvalue weighted by molar-refractivity contribution is 0.0987. The molecule has 1 aromatic carbocycles. The third-order valence-corrected chi connectivity index (χ3v) is 7.58. The van der Waals surface area contributed by atoms with Crippen LogP contribution in [0.15, 0.2) is 29.5 Å². The lowest BCUT2D eigenvalue weighted by Gasteiger charge is -2.34. The van der Waals surface area contributed by atoms with Crippen LogP contribution in [-0.2, 0) is 16.7 Å². The maximum Gasteiger partial charge on any atom is 0.232 e. The van der Waals surface area contributed by atoms with Crippen molar-refractivity contribution in [3.63, 3.8) is 0 Å². The zero-order chi connectivity index (χ0) is 25.6. The first-order chi connectivity index (χ1) is 16.4. The second-order valence-electron chi connectivity index (χ2n) is 10.6. The summed E-state index contributed by atoms with van der Waals surface area (Å²) in [7, 11) is 1.60. The van der Waals surface area contributed by atoms with E-state index >= 15 is 4.39 Å². The standard InChI is InChI=1S/C25H30F2N4O3S/c1-23(2,3)12-34-20-11-29-17(10-30-20)18(32)8-14-6-15(21(27)16(26)7-14)24(4)19-9-25(19,13-33-5)35-22(28)31-24/h6-7,10-11,19H,8-9,12-13H2,1-5H3,(H2,28,31)/t19-,24+,25+/m0/s1. The molecule has 0 spiro atoms. The van der Waals surface area contributed by atoms with Gasteiger partial charge in [0.1, 0.15) is 5.69 Å². The van der Waals surface area contributed by atoms with Crippen molar-refractivity contribution in [2.75, 3.05) is 20.3 Å². The van der Waals surface area contributed by atoms with Crippen LogP contribution in [0.5, 0.6) is 5.88 Å². The fourth-order valence-corrected chi connectivity index (χ4v) is 6.00. The molecule has 0 saturated heterocycles. The first kappa shape index (κ1) is 25.5. The van der Waals surface area contributed by atoms with Gasteiger partial charge in [-0.15, -0.1) is 0 Å². The molecule has 1 aliphatic carbocycles. The van der Waals surface area contributed by atoms with Crippen molar-refractivity contribution < 1.29 is 23.0 Å². The van der Waals surface area contributed by atoms with Gasteiger partial charge in [0.25, 0.3) is 0 Å². The molecular formula is C25H30F2N4O3S. The largest absolute Gasteiger partial charge is 0.476 e.